The van der Waals surface area contributed by atoms with Gasteiger partial charge in [-0.15, -0.1) is 0 Å². The molecule has 1 aliphatic rings. The monoisotopic (exact) mass is 342 g/mol. The number of carbonyl (C=O) groups excluding carboxylic acids is 3. The van der Waals surface area contributed by atoms with E-state index in [1.165, 1.54) is 18.2 Å². The number of nitrogens with zero attached hydrogens (tertiary/aromatic N) is 1. The van der Waals surface area contributed by atoms with Crippen LogP contribution in [0.25, 0.3) is 0 Å². The van der Waals surface area contributed by atoms with Crippen LogP contribution in [-0.2, 0) is 9.53 Å². The minimum atomic E-state index is -0.745. The third kappa shape index (κ3) is 3.82. The van der Waals surface area contributed by atoms with E-state index < -0.39 is 29.8 Å². The average Bonchev–Trinajstić information content (AvgIpc) is 2.93. The van der Waals surface area contributed by atoms with Gasteiger partial charge in [-0.1, -0.05) is 36.4 Å². The molecule has 0 aromatic heterocycles. The van der Waals surface area contributed by atoms with Crippen LogP contribution in [0, 0.1) is 5.82 Å². The maximum Gasteiger partial charge on any atom is 0.417 e. The van der Waals surface area contributed by atoms with Crippen LogP contribution in [0.4, 0.5) is 9.18 Å². The van der Waals surface area contributed by atoms with Gasteiger partial charge in [0.2, 0.25) is 0 Å². The van der Waals surface area contributed by atoms with Crippen LogP contribution in [0.1, 0.15) is 22.0 Å². The number of carbonyl (C=O) groups is 3. The molecule has 1 fully saturated rings. The van der Waals surface area contributed by atoms with Gasteiger partial charge < -0.3 is 10.1 Å². The SMILES string of the molecule is O=C(NC(CN1C(=O)COC1=O)c1ccccc1)c1cccc(F)c1. The molecule has 2 aromatic carbocycles. The predicted octanol–water partition coefficient (Wildman–Crippen LogP) is 2.28. The summed E-state index contributed by atoms with van der Waals surface area (Å²) in [6, 6.07) is 13.5. The molecule has 7 heteroatoms. The van der Waals surface area contributed by atoms with Crippen LogP contribution in [0.5, 0.6) is 0 Å². The lowest BCUT2D eigenvalue weighted by Crippen LogP contribution is -2.40. The van der Waals surface area contributed by atoms with Crippen molar-refractivity contribution < 1.29 is 23.5 Å². The van der Waals surface area contributed by atoms with Crippen molar-refractivity contribution in [1.82, 2.24) is 10.2 Å². The molecule has 3 rings (SSSR count). The van der Waals surface area contributed by atoms with E-state index in [1.807, 2.05) is 6.07 Å². The predicted molar refractivity (Wildman–Crippen MR) is 86.1 cm³/mol. The Kier molecular flexibility index (Phi) is 4.74. The molecule has 0 radical (unpaired) electrons. The number of halogens is 1. The zero-order chi connectivity index (χ0) is 17.8. The molecule has 0 aliphatic carbocycles. The summed E-state index contributed by atoms with van der Waals surface area (Å²) >= 11 is 0. The number of nitrogens with one attached hydrogen (secondary N) is 1. The van der Waals surface area contributed by atoms with Gasteiger partial charge in [0.1, 0.15) is 5.82 Å². The second-order valence-corrected chi connectivity index (χ2v) is 5.51. The van der Waals surface area contributed by atoms with Crippen molar-refractivity contribution in [3.05, 3.63) is 71.5 Å². The topological polar surface area (TPSA) is 75.7 Å². The summed E-state index contributed by atoms with van der Waals surface area (Å²) in [7, 11) is 0. The van der Waals surface area contributed by atoms with Crippen molar-refractivity contribution in [2.75, 3.05) is 13.2 Å². The summed E-state index contributed by atoms with van der Waals surface area (Å²) < 4.78 is 18.0. The molecule has 25 heavy (non-hydrogen) atoms. The first-order chi connectivity index (χ1) is 12.0. The molecule has 1 saturated heterocycles. The van der Waals surface area contributed by atoms with Crippen molar-refractivity contribution in [1.29, 1.82) is 0 Å². The van der Waals surface area contributed by atoms with E-state index in [2.05, 4.69) is 5.32 Å². The Morgan fingerprint density at radius 3 is 2.56 bits per heavy atom. The van der Waals surface area contributed by atoms with Crippen molar-refractivity contribution in [3.63, 3.8) is 0 Å². The van der Waals surface area contributed by atoms with E-state index in [-0.39, 0.29) is 18.7 Å². The third-order valence-corrected chi connectivity index (χ3v) is 3.80. The summed E-state index contributed by atoms with van der Waals surface area (Å²) in [6.07, 6.45) is -0.745. The summed E-state index contributed by atoms with van der Waals surface area (Å²) in [6.45, 7) is -0.374. The maximum absolute atomic E-state index is 13.3. The van der Waals surface area contributed by atoms with Gasteiger partial charge in [-0.25, -0.2) is 14.1 Å². The van der Waals surface area contributed by atoms with Crippen LogP contribution in [0.2, 0.25) is 0 Å². The van der Waals surface area contributed by atoms with Crippen LogP contribution in [0.3, 0.4) is 0 Å². The van der Waals surface area contributed by atoms with E-state index in [0.29, 0.717) is 5.56 Å². The molecule has 3 amide bonds. The fraction of sp³-hybridized carbons (Fsp3) is 0.167. The highest BCUT2D eigenvalue weighted by molar-refractivity contribution is 5.98. The standard InChI is InChI=1S/C18H15FN2O4/c19-14-8-4-7-13(9-14)17(23)20-15(12-5-2-1-3-6-12)10-21-16(22)11-25-18(21)24/h1-9,15H,10-11H2,(H,20,23). The minimum Gasteiger partial charge on any atom is -0.439 e. The normalized spacial score (nSPS) is 15.0. The van der Waals surface area contributed by atoms with Gasteiger partial charge in [0.25, 0.3) is 11.8 Å². The number of imide groups is 1. The number of hydrogen-bond donors (Lipinski definition) is 1. The van der Waals surface area contributed by atoms with Gasteiger partial charge in [0.05, 0.1) is 12.6 Å². The first-order valence-corrected chi connectivity index (χ1v) is 7.63. The number of benzene rings is 2. The zero-order valence-corrected chi connectivity index (χ0v) is 13.1. The molecule has 1 N–H and O–H groups in total. The second-order valence-electron chi connectivity index (χ2n) is 5.51. The first-order valence-electron chi connectivity index (χ1n) is 7.63. The summed E-state index contributed by atoms with van der Waals surface area (Å²) in [5, 5.41) is 2.74. The Morgan fingerprint density at radius 1 is 1.16 bits per heavy atom. The van der Waals surface area contributed by atoms with E-state index >= 15 is 0 Å². The highest BCUT2D eigenvalue weighted by Crippen LogP contribution is 2.18. The lowest BCUT2D eigenvalue weighted by atomic mass is 10.1. The Balaban J connectivity index is 1.83. The summed E-state index contributed by atoms with van der Waals surface area (Å²) in [5.74, 6) is -1.50. The molecule has 0 spiro atoms. The molecule has 0 bridgehead atoms. The van der Waals surface area contributed by atoms with Gasteiger partial charge in [0, 0.05) is 5.56 Å². The van der Waals surface area contributed by atoms with Crippen LogP contribution in [0.15, 0.2) is 54.6 Å². The molecule has 128 valence electrons. The Labute approximate surface area is 143 Å². The third-order valence-electron chi connectivity index (χ3n) is 3.80. The molecular weight excluding hydrogens is 327 g/mol. The molecule has 6 nitrogen and oxygen atoms in total. The lowest BCUT2D eigenvalue weighted by molar-refractivity contribution is -0.126. The summed E-state index contributed by atoms with van der Waals surface area (Å²) in [5.41, 5.74) is 0.857. The molecule has 2 aromatic rings. The van der Waals surface area contributed by atoms with E-state index in [0.717, 1.165) is 11.0 Å². The van der Waals surface area contributed by atoms with Crippen molar-refractivity contribution >= 4 is 17.9 Å². The van der Waals surface area contributed by atoms with Crippen molar-refractivity contribution in [2.45, 2.75) is 6.04 Å². The van der Waals surface area contributed by atoms with Crippen LogP contribution >= 0.6 is 0 Å². The average molecular weight is 342 g/mol. The minimum absolute atomic E-state index is 0.0667. The van der Waals surface area contributed by atoms with Crippen molar-refractivity contribution in [2.24, 2.45) is 0 Å². The number of hydrogen-bond acceptors (Lipinski definition) is 4. The zero-order valence-electron chi connectivity index (χ0n) is 13.1. The van der Waals surface area contributed by atoms with Gasteiger partial charge in [-0.05, 0) is 23.8 Å². The molecule has 1 atom stereocenters. The Morgan fingerprint density at radius 2 is 1.92 bits per heavy atom. The number of rotatable bonds is 5. The molecule has 1 aliphatic heterocycles. The fourth-order valence-electron chi connectivity index (χ4n) is 2.53. The highest BCUT2D eigenvalue weighted by atomic mass is 19.1. The van der Waals surface area contributed by atoms with Crippen LogP contribution in [-0.4, -0.2) is 36.0 Å². The Hall–Kier alpha value is -3.22. The number of cyclic esters (lactones) is 1. The fourth-order valence-corrected chi connectivity index (χ4v) is 2.53. The van der Waals surface area contributed by atoms with Crippen molar-refractivity contribution in [3.8, 4) is 0 Å². The second kappa shape index (κ2) is 7.12. The van der Waals surface area contributed by atoms with E-state index in [4.69, 9.17) is 4.74 Å². The van der Waals surface area contributed by atoms with E-state index in [9.17, 15) is 18.8 Å². The number of amides is 3. The molecule has 1 unspecified atom stereocenters. The smallest absolute Gasteiger partial charge is 0.417 e. The quantitative estimate of drug-likeness (QED) is 0.904. The summed E-state index contributed by atoms with van der Waals surface area (Å²) in [4.78, 5) is 36.8. The largest absolute Gasteiger partial charge is 0.439 e. The van der Waals surface area contributed by atoms with Crippen LogP contribution < -0.4 is 5.32 Å². The molecular formula is C18H15FN2O4. The lowest BCUT2D eigenvalue weighted by Gasteiger charge is -2.22. The maximum atomic E-state index is 13.3. The van der Waals surface area contributed by atoms with Gasteiger partial charge in [0.15, 0.2) is 6.61 Å². The van der Waals surface area contributed by atoms with E-state index in [1.54, 1.807) is 24.3 Å². The highest BCUT2D eigenvalue weighted by Gasteiger charge is 2.33. The van der Waals surface area contributed by atoms with Gasteiger partial charge in [-0.3, -0.25) is 9.59 Å². The number of ether oxygens (including phenoxy) is 1. The molecule has 1 heterocycles. The first kappa shape index (κ1) is 16.6. The van der Waals surface area contributed by atoms with Gasteiger partial charge >= 0.3 is 6.09 Å². The Bertz CT molecular complexity index is 794. The van der Waals surface area contributed by atoms with Gasteiger partial charge in [-0.2, -0.15) is 0 Å². The molecule has 0 saturated carbocycles.